The number of pyridine rings is 2. The summed E-state index contributed by atoms with van der Waals surface area (Å²) in [7, 11) is 0. The molecule has 0 radical (unpaired) electrons. The molecule has 2 amide bonds. The number of halogens is 3. The van der Waals surface area contributed by atoms with Gasteiger partial charge in [-0.3, -0.25) is 14.6 Å². The summed E-state index contributed by atoms with van der Waals surface area (Å²) in [5.41, 5.74) is -0.158. The average Bonchev–Trinajstić information content (AvgIpc) is 3.35. The summed E-state index contributed by atoms with van der Waals surface area (Å²) in [5.74, 6) is 0.997. The summed E-state index contributed by atoms with van der Waals surface area (Å²) >= 11 is 0. The van der Waals surface area contributed by atoms with Crippen LogP contribution in [0.1, 0.15) is 39.5 Å². The lowest BCUT2D eigenvalue weighted by Gasteiger charge is -2.19. The van der Waals surface area contributed by atoms with Crippen molar-refractivity contribution in [2.75, 3.05) is 5.32 Å². The standard InChI is InChI=1S/C24H17F3N4O4/c25-24(26,27)14-2-1-8-28-19(14)23(33)31-20-18-13-10-11(3-5-15(13)35-21(18)20)34-16-7-9-29-22-12(16)4-6-17(32)30-22/h1-3,5,7-10,18,20-21H,4,6H2,(H,31,33)(H,29,30,32)/t18-,20+,21-/m0/s1. The maximum absolute atomic E-state index is 13.3. The molecule has 6 rings (SSSR count). The van der Waals surface area contributed by atoms with E-state index in [1.807, 2.05) is 0 Å². The molecule has 3 aliphatic rings. The molecular weight excluding hydrogens is 465 g/mol. The SMILES string of the molecule is O=C1CCc2c(Oc3ccc4c(c3)[C@H]3[C@@H](NC(=O)c5ncccc5C(F)(F)F)[C@H]3O4)ccnc2N1. The number of carbonyl (C=O) groups excluding carboxylic acids is 2. The largest absolute Gasteiger partial charge is 0.487 e. The molecule has 35 heavy (non-hydrogen) atoms. The maximum atomic E-state index is 13.3. The number of aromatic nitrogens is 2. The molecule has 11 heteroatoms. The van der Waals surface area contributed by atoms with Gasteiger partial charge >= 0.3 is 6.18 Å². The number of alkyl halides is 3. The van der Waals surface area contributed by atoms with Crippen LogP contribution in [0.5, 0.6) is 17.2 Å². The molecule has 0 unspecified atom stereocenters. The lowest BCUT2D eigenvalue weighted by atomic mass is 10.1. The van der Waals surface area contributed by atoms with Crippen molar-refractivity contribution in [1.82, 2.24) is 15.3 Å². The Labute approximate surface area is 196 Å². The third-order valence-electron chi connectivity index (χ3n) is 6.28. The van der Waals surface area contributed by atoms with Gasteiger partial charge in [0.25, 0.3) is 5.91 Å². The van der Waals surface area contributed by atoms with Gasteiger partial charge in [0.15, 0.2) is 0 Å². The number of hydrogen-bond acceptors (Lipinski definition) is 6. The van der Waals surface area contributed by atoms with Gasteiger partial charge in [-0.15, -0.1) is 0 Å². The summed E-state index contributed by atoms with van der Waals surface area (Å²) in [6.07, 6.45) is -1.52. The normalized spacial score (nSPS) is 21.7. The van der Waals surface area contributed by atoms with Crippen LogP contribution >= 0.6 is 0 Å². The van der Waals surface area contributed by atoms with Gasteiger partial charge in [0.2, 0.25) is 5.91 Å². The molecule has 1 aromatic carbocycles. The number of amides is 2. The molecule has 0 saturated heterocycles. The molecule has 8 nitrogen and oxygen atoms in total. The topological polar surface area (TPSA) is 102 Å². The number of anilines is 1. The fourth-order valence-corrected chi connectivity index (χ4v) is 4.59. The summed E-state index contributed by atoms with van der Waals surface area (Å²) in [4.78, 5) is 32.0. The lowest BCUT2D eigenvalue weighted by Crippen LogP contribution is -2.32. The summed E-state index contributed by atoms with van der Waals surface area (Å²) < 4.78 is 51.7. The molecule has 4 heterocycles. The van der Waals surface area contributed by atoms with E-state index < -0.39 is 29.4 Å². The predicted molar refractivity (Wildman–Crippen MR) is 115 cm³/mol. The van der Waals surface area contributed by atoms with E-state index in [-0.39, 0.29) is 17.9 Å². The van der Waals surface area contributed by atoms with Gasteiger partial charge in [0.1, 0.15) is 34.9 Å². The molecule has 1 fully saturated rings. The zero-order valence-corrected chi connectivity index (χ0v) is 17.9. The first kappa shape index (κ1) is 21.4. The highest BCUT2D eigenvalue weighted by Gasteiger charge is 2.60. The van der Waals surface area contributed by atoms with Crippen molar-refractivity contribution in [1.29, 1.82) is 0 Å². The van der Waals surface area contributed by atoms with Crippen LogP contribution in [0.2, 0.25) is 0 Å². The van der Waals surface area contributed by atoms with E-state index >= 15 is 0 Å². The van der Waals surface area contributed by atoms with Crippen molar-refractivity contribution in [3.05, 3.63) is 71.2 Å². The minimum atomic E-state index is -4.69. The Kier molecular flexibility index (Phi) is 4.70. The van der Waals surface area contributed by atoms with Crippen LogP contribution in [-0.2, 0) is 17.4 Å². The Morgan fingerprint density at radius 2 is 2.00 bits per heavy atom. The number of rotatable bonds is 4. The van der Waals surface area contributed by atoms with Crippen LogP contribution in [-0.4, -0.2) is 33.9 Å². The highest BCUT2D eigenvalue weighted by atomic mass is 19.4. The molecule has 178 valence electrons. The van der Waals surface area contributed by atoms with Crippen molar-refractivity contribution in [3.8, 4) is 17.2 Å². The Balaban J connectivity index is 1.20. The fourth-order valence-electron chi connectivity index (χ4n) is 4.59. The first-order valence-corrected chi connectivity index (χ1v) is 10.9. The summed E-state index contributed by atoms with van der Waals surface area (Å²) in [5, 5.41) is 5.35. The van der Waals surface area contributed by atoms with Crippen LogP contribution in [0, 0.1) is 0 Å². The quantitative estimate of drug-likeness (QED) is 0.586. The van der Waals surface area contributed by atoms with E-state index in [0.29, 0.717) is 35.9 Å². The molecule has 2 aromatic heterocycles. The Morgan fingerprint density at radius 1 is 1.14 bits per heavy atom. The molecule has 2 aliphatic heterocycles. The number of hydrogen-bond donors (Lipinski definition) is 2. The molecule has 0 bridgehead atoms. The second-order valence-corrected chi connectivity index (χ2v) is 8.49. The van der Waals surface area contributed by atoms with Crippen LogP contribution in [0.15, 0.2) is 48.8 Å². The van der Waals surface area contributed by atoms with Gasteiger partial charge in [-0.1, -0.05) is 0 Å². The van der Waals surface area contributed by atoms with E-state index in [4.69, 9.17) is 9.47 Å². The van der Waals surface area contributed by atoms with E-state index in [9.17, 15) is 22.8 Å². The third-order valence-corrected chi connectivity index (χ3v) is 6.28. The smallest absolute Gasteiger partial charge is 0.418 e. The zero-order chi connectivity index (χ0) is 24.3. The molecule has 1 saturated carbocycles. The van der Waals surface area contributed by atoms with Gasteiger partial charge in [-0.2, -0.15) is 13.2 Å². The Hall–Kier alpha value is -4.15. The number of nitrogens with zero attached hydrogens (tertiary/aromatic N) is 2. The third kappa shape index (κ3) is 3.72. The molecule has 0 spiro atoms. The molecular formula is C24H17F3N4O4. The van der Waals surface area contributed by atoms with Gasteiger partial charge in [0.05, 0.1) is 17.5 Å². The first-order chi connectivity index (χ1) is 16.8. The highest BCUT2D eigenvalue weighted by molar-refractivity contribution is 5.95. The van der Waals surface area contributed by atoms with Crippen molar-refractivity contribution >= 4 is 17.6 Å². The molecule has 3 aromatic rings. The number of fused-ring (bicyclic) bond motifs is 4. The second-order valence-electron chi connectivity index (χ2n) is 8.49. The van der Waals surface area contributed by atoms with Crippen LogP contribution in [0.25, 0.3) is 0 Å². The minimum absolute atomic E-state index is 0.0993. The predicted octanol–water partition coefficient (Wildman–Crippen LogP) is 3.83. The Bertz CT molecular complexity index is 1380. The monoisotopic (exact) mass is 482 g/mol. The highest BCUT2D eigenvalue weighted by Crippen LogP contribution is 2.54. The molecule has 1 aliphatic carbocycles. The maximum Gasteiger partial charge on any atom is 0.418 e. The average molecular weight is 482 g/mol. The first-order valence-electron chi connectivity index (χ1n) is 10.9. The van der Waals surface area contributed by atoms with Gasteiger partial charge in [-0.25, -0.2) is 4.98 Å². The van der Waals surface area contributed by atoms with E-state index in [1.54, 1.807) is 30.5 Å². The van der Waals surface area contributed by atoms with E-state index in [0.717, 1.165) is 29.5 Å². The number of benzene rings is 1. The van der Waals surface area contributed by atoms with Crippen molar-refractivity contribution in [3.63, 3.8) is 0 Å². The van der Waals surface area contributed by atoms with Crippen molar-refractivity contribution < 1.29 is 32.2 Å². The van der Waals surface area contributed by atoms with Crippen LogP contribution in [0.4, 0.5) is 19.0 Å². The zero-order valence-electron chi connectivity index (χ0n) is 17.9. The van der Waals surface area contributed by atoms with Gasteiger partial charge in [0, 0.05) is 29.9 Å². The van der Waals surface area contributed by atoms with Gasteiger partial charge in [-0.05, 0) is 42.8 Å². The summed E-state index contributed by atoms with van der Waals surface area (Å²) in [6.45, 7) is 0. The Morgan fingerprint density at radius 3 is 2.83 bits per heavy atom. The van der Waals surface area contributed by atoms with Gasteiger partial charge < -0.3 is 20.1 Å². The van der Waals surface area contributed by atoms with Crippen molar-refractivity contribution in [2.45, 2.75) is 37.1 Å². The van der Waals surface area contributed by atoms with Crippen LogP contribution < -0.4 is 20.1 Å². The molecule has 3 atom stereocenters. The lowest BCUT2D eigenvalue weighted by molar-refractivity contribution is -0.138. The number of ether oxygens (including phenoxy) is 2. The minimum Gasteiger partial charge on any atom is -0.487 e. The fraction of sp³-hybridized carbons (Fsp3) is 0.250. The van der Waals surface area contributed by atoms with E-state index in [1.165, 1.54) is 0 Å². The summed E-state index contributed by atoms with van der Waals surface area (Å²) in [6, 6.07) is 8.50. The van der Waals surface area contributed by atoms with E-state index in [2.05, 4.69) is 20.6 Å². The number of nitrogens with one attached hydrogen (secondary N) is 2. The second kappa shape index (κ2) is 7.69. The van der Waals surface area contributed by atoms with Crippen LogP contribution in [0.3, 0.4) is 0 Å². The van der Waals surface area contributed by atoms with Crippen molar-refractivity contribution in [2.24, 2.45) is 0 Å². The molecule has 2 N–H and O–H groups in total. The number of carbonyl (C=O) groups is 2.